The van der Waals surface area contributed by atoms with Crippen LogP contribution in [-0.4, -0.2) is 14.1 Å². The first kappa shape index (κ1) is 14.9. The number of rotatable bonds is 3. The van der Waals surface area contributed by atoms with Crippen molar-refractivity contribution in [2.75, 3.05) is 0 Å². The zero-order chi connectivity index (χ0) is 14.8. The Kier molecular flexibility index (Phi) is 4.40. The van der Waals surface area contributed by atoms with Crippen molar-refractivity contribution < 1.29 is 8.42 Å². The van der Waals surface area contributed by atoms with Crippen LogP contribution in [0.1, 0.15) is 18.1 Å². The van der Waals surface area contributed by atoms with Gasteiger partial charge >= 0.3 is 0 Å². The van der Waals surface area contributed by atoms with E-state index < -0.39 is 10.0 Å². The van der Waals surface area contributed by atoms with Crippen molar-refractivity contribution in [1.82, 2.24) is 0 Å². The van der Waals surface area contributed by atoms with Crippen molar-refractivity contribution in [3.05, 3.63) is 64.1 Å². The van der Waals surface area contributed by atoms with E-state index in [0.29, 0.717) is 5.71 Å². The molecule has 0 aliphatic rings. The molecule has 0 aliphatic heterocycles. The van der Waals surface area contributed by atoms with Crippen LogP contribution < -0.4 is 0 Å². The Morgan fingerprint density at radius 1 is 1.10 bits per heavy atom. The normalized spacial score (nSPS) is 12.4. The Bertz CT molecular complexity index is 750. The molecule has 0 unspecified atom stereocenters. The molecule has 3 nitrogen and oxygen atoms in total. The molecular formula is C15H14BrNO2S. The number of halogens is 1. The van der Waals surface area contributed by atoms with Gasteiger partial charge in [-0.2, -0.15) is 12.8 Å². The van der Waals surface area contributed by atoms with Gasteiger partial charge in [0, 0.05) is 4.47 Å². The second kappa shape index (κ2) is 5.89. The molecule has 0 amide bonds. The van der Waals surface area contributed by atoms with Crippen LogP contribution in [-0.2, 0) is 10.0 Å². The summed E-state index contributed by atoms with van der Waals surface area (Å²) in [5.41, 5.74) is 2.25. The van der Waals surface area contributed by atoms with E-state index in [-0.39, 0.29) is 4.90 Å². The molecule has 0 spiro atoms. The number of sulfonamides is 1. The van der Waals surface area contributed by atoms with Gasteiger partial charge in [-0.1, -0.05) is 45.8 Å². The molecule has 2 aromatic rings. The van der Waals surface area contributed by atoms with E-state index in [0.717, 1.165) is 15.6 Å². The standard InChI is InChI=1S/C15H14BrNO2S/c1-11-6-8-15(9-7-11)20(18,19)17-12(2)13-4-3-5-14(16)10-13/h3-10H,1-2H3/b17-12+. The first-order valence-electron chi connectivity index (χ1n) is 6.03. The third-order valence-electron chi connectivity index (χ3n) is 2.82. The van der Waals surface area contributed by atoms with Crippen molar-refractivity contribution >= 4 is 31.7 Å². The molecule has 0 fully saturated rings. The maximum absolute atomic E-state index is 12.2. The van der Waals surface area contributed by atoms with E-state index in [4.69, 9.17) is 0 Å². The number of hydrogen-bond donors (Lipinski definition) is 0. The summed E-state index contributed by atoms with van der Waals surface area (Å²) in [6.45, 7) is 3.60. The minimum absolute atomic E-state index is 0.206. The molecule has 2 aromatic carbocycles. The highest BCUT2D eigenvalue weighted by molar-refractivity contribution is 9.10. The summed E-state index contributed by atoms with van der Waals surface area (Å²) in [6.07, 6.45) is 0. The predicted octanol–water partition coefficient (Wildman–Crippen LogP) is 3.96. The minimum atomic E-state index is -3.66. The molecule has 0 bridgehead atoms. The van der Waals surface area contributed by atoms with Gasteiger partial charge in [0.2, 0.25) is 0 Å². The van der Waals surface area contributed by atoms with Crippen LogP contribution in [0.3, 0.4) is 0 Å². The smallest absolute Gasteiger partial charge is 0.199 e. The zero-order valence-corrected chi connectivity index (χ0v) is 13.6. The molecule has 5 heteroatoms. The fraction of sp³-hybridized carbons (Fsp3) is 0.133. The Morgan fingerprint density at radius 3 is 2.35 bits per heavy atom. The Hall–Kier alpha value is -1.46. The highest BCUT2D eigenvalue weighted by atomic mass is 79.9. The molecule has 0 aliphatic carbocycles. The molecule has 0 N–H and O–H groups in total. The predicted molar refractivity (Wildman–Crippen MR) is 84.7 cm³/mol. The lowest BCUT2D eigenvalue weighted by Crippen LogP contribution is -2.03. The van der Waals surface area contributed by atoms with Crippen molar-refractivity contribution in [3.8, 4) is 0 Å². The molecule has 0 aromatic heterocycles. The summed E-state index contributed by atoms with van der Waals surface area (Å²) >= 11 is 3.36. The SMILES string of the molecule is C/C(=N\S(=O)(=O)c1ccc(C)cc1)c1cccc(Br)c1. The maximum Gasteiger partial charge on any atom is 0.282 e. The highest BCUT2D eigenvalue weighted by Crippen LogP contribution is 2.17. The summed E-state index contributed by atoms with van der Waals surface area (Å²) in [5.74, 6) is 0. The number of aryl methyl sites for hydroxylation is 1. The van der Waals surface area contributed by atoms with Gasteiger partial charge in [-0.3, -0.25) is 0 Å². The van der Waals surface area contributed by atoms with Gasteiger partial charge in [0.15, 0.2) is 0 Å². The summed E-state index contributed by atoms with van der Waals surface area (Å²) in [4.78, 5) is 0.206. The third-order valence-corrected chi connectivity index (χ3v) is 4.69. The first-order valence-corrected chi connectivity index (χ1v) is 8.26. The van der Waals surface area contributed by atoms with E-state index in [1.807, 2.05) is 31.2 Å². The van der Waals surface area contributed by atoms with E-state index in [1.165, 1.54) is 0 Å². The Balaban J connectivity index is 2.40. The van der Waals surface area contributed by atoms with E-state index in [2.05, 4.69) is 20.3 Å². The molecule has 104 valence electrons. The number of benzene rings is 2. The largest absolute Gasteiger partial charge is 0.282 e. The number of nitrogens with zero attached hydrogens (tertiary/aromatic N) is 1. The van der Waals surface area contributed by atoms with Gasteiger partial charge in [-0.15, -0.1) is 0 Å². The summed E-state index contributed by atoms with van der Waals surface area (Å²) < 4.78 is 29.2. The minimum Gasteiger partial charge on any atom is -0.199 e. The van der Waals surface area contributed by atoms with Crippen LogP contribution in [0.2, 0.25) is 0 Å². The van der Waals surface area contributed by atoms with Crippen LogP contribution in [0.4, 0.5) is 0 Å². The Labute approximate surface area is 127 Å². The third kappa shape index (κ3) is 3.55. The average Bonchev–Trinajstić information content (AvgIpc) is 2.38. The van der Waals surface area contributed by atoms with Crippen LogP contribution in [0.25, 0.3) is 0 Å². The van der Waals surface area contributed by atoms with Crippen molar-refractivity contribution in [2.45, 2.75) is 18.7 Å². The van der Waals surface area contributed by atoms with Crippen LogP contribution in [0, 0.1) is 6.92 Å². The zero-order valence-electron chi connectivity index (χ0n) is 11.2. The molecule has 20 heavy (non-hydrogen) atoms. The lowest BCUT2D eigenvalue weighted by molar-refractivity contribution is 0.598. The highest BCUT2D eigenvalue weighted by Gasteiger charge is 2.13. The van der Waals surface area contributed by atoms with Crippen LogP contribution in [0.5, 0.6) is 0 Å². The van der Waals surface area contributed by atoms with Gasteiger partial charge < -0.3 is 0 Å². The van der Waals surface area contributed by atoms with E-state index in [9.17, 15) is 8.42 Å². The van der Waals surface area contributed by atoms with Crippen molar-refractivity contribution in [1.29, 1.82) is 0 Å². The summed E-state index contributed by atoms with van der Waals surface area (Å²) in [7, 11) is -3.66. The molecule has 0 saturated heterocycles. The lowest BCUT2D eigenvalue weighted by Gasteiger charge is -2.03. The second-order valence-corrected chi connectivity index (χ2v) is 6.99. The van der Waals surface area contributed by atoms with Gasteiger partial charge in [-0.05, 0) is 43.7 Å². The van der Waals surface area contributed by atoms with Crippen molar-refractivity contribution in [2.24, 2.45) is 4.40 Å². The first-order chi connectivity index (χ1) is 9.38. The molecule has 0 heterocycles. The summed E-state index contributed by atoms with van der Waals surface area (Å²) in [6, 6.07) is 14.1. The van der Waals surface area contributed by atoms with Crippen LogP contribution in [0.15, 0.2) is 62.3 Å². The summed E-state index contributed by atoms with van der Waals surface area (Å²) in [5, 5.41) is 0. The fourth-order valence-electron chi connectivity index (χ4n) is 1.71. The van der Waals surface area contributed by atoms with Gasteiger partial charge in [0.1, 0.15) is 0 Å². The van der Waals surface area contributed by atoms with Gasteiger partial charge in [0.05, 0.1) is 10.6 Å². The lowest BCUT2D eigenvalue weighted by atomic mass is 10.1. The molecule has 0 saturated carbocycles. The average molecular weight is 352 g/mol. The van der Waals surface area contributed by atoms with E-state index >= 15 is 0 Å². The number of hydrogen-bond acceptors (Lipinski definition) is 2. The van der Waals surface area contributed by atoms with Gasteiger partial charge in [0.25, 0.3) is 10.0 Å². The van der Waals surface area contributed by atoms with Crippen molar-refractivity contribution in [3.63, 3.8) is 0 Å². The molecule has 2 rings (SSSR count). The topological polar surface area (TPSA) is 46.5 Å². The molecule has 0 radical (unpaired) electrons. The quantitative estimate of drug-likeness (QED) is 0.785. The monoisotopic (exact) mass is 351 g/mol. The second-order valence-electron chi connectivity index (χ2n) is 4.48. The molecular weight excluding hydrogens is 338 g/mol. The fourth-order valence-corrected chi connectivity index (χ4v) is 3.16. The molecule has 0 atom stereocenters. The Morgan fingerprint density at radius 2 is 1.75 bits per heavy atom. The maximum atomic E-state index is 12.2. The van der Waals surface area contributed by atoms with Gasteiger partial charge in [-0.25, -0.2) is 0 Å². The van der Waals surface area contributed by atoms with Crippen LogP contribution >= 0.6 is 15.9 Å². The van der Waals surface area contributed by atoms with E-state index in [1.54, 1.807) is 31.2 Å².